The van der Waals surface area contributed by atoms with Crippen molar-refractivity contribution in [2.75, 3.05) is 5.32 Å². The van der Waals surface area contributed by atoms with E-state index in [4.69, 9.17) is 4.84 Å². The van der Waals surface area contributed by atoms with Crippen LogP contribution in [0.4, 0.5) is 10.5 Å². The number of rotatable bonds is 4. The Morgan fingerprint density at radius 2 is 1.63 bits per heavy atom. The topological polar surface area (TPSA) is 105 Å². The molecule has 136 valence electrons. The molecule has 1 saturated carbocycles. The van der Waals surface area contributed by atoms with Crippen LogP contribution in [-0.2, 0) is 4.84 Å². The van der Waals surface area contributed by atoms with Crippen molar-refractivity contribution >= 4 is 29.5 Å². The molecule has 0 spiro atoms. The van der Waals surface area contributed by atoms with Crippen LogP contribution in [0.2, 0.25) is 0 Å². The highest BCUT2D eigenvalue weighted by Crippen LogP contribution is 2.24. The summed E-state index contributed by atoms with van der Waals surface area (Å²) in [5, 5.41) is 5.85. The number of carbonyl (C=O) groups is 4. The molecule has 8 heteroatoms. The van der Waals surface area contributed by atoms with Crippen molar-refractivity contribution in [2.45, 2.75) is 18.9 Å². The van der Waals surface area contributed by atoms with E-state index in [0.717, 1.165) is 12.8 Å². The van der Waals surface area contributed by atoms with Gasteiger partial charge in [-0.15, -0.1) is 0 Å². The van der Waals surface area contributed by atoms with Crippen LogP contribution in [0.15, 0.2) is 48.5 Å². The lowest BCUT2D eigenvalue weighted by Gasteiger charge is -2.13. The van der Waals surface area contributed by atoms with E-state index in [-0.39, 0.29) is 28.8 Å². The van der Waals surface area contributed by atoms with Gasteiger partial charge in [-0.05, 0) is 43.2 Å². The molecule has 0 bridgehead atoms. The van der Waals surface area contributed by atoms with E-state index in [9.17, 15) is 19.2 Å². The predicted octanol–water partition coefficient (Wildman–Crippen LogP) is 2.34. The number of hydrogen-bond acceptors (Lipinski definition) is 5. The molecule has 1 fully saturated rings. The maximum absolute atomic E-state index is 12.4. The smallest absolute Gasteiger partial charge is 0.335 e. The van der Waals surface area contributed by atoms with Crippen LogP contribution in [0.1, 0.15) is 43.9 Å². The van der Waals surface area contributed by atoms with E-state index in [1.165, 1.54) is 24.3 Å². The molecule has 0 unspecified atom stereocenters. The lowest BCUT2D eigenvalue weighted by atomic mass is 10.1. The first-order chi connectivity index (χ1) is 13.0. The Labute approximate surface area is 154 Å². The normalized spacial score (nSPS) is 15.3. The fraction of sp³-hybridized carbons (Fsp3) is 0.158. The van der Waals surface area contributed by atoms with Gasteiger partial charge < -0.3 is 15.5 Å². The summed E-state index contributed by atoms with van der Waals surface area (Å²) >= 11 is 0. The van der Waals surface area contributed by atoms with E-state index < -0.39 is 17.8 Å². The second kappa shape index (κ2) is 6.56. The molecular formula is C19H15N3O5. The van der Waals surface area contributed by atoms with Gasteiger partial charge in [-0.25, -0.2) is 9.59 Å². The minimum Gasteiger partial charge on any atom is -0.335 e. The lowest BCUT2D eigenvalue weighted by molar-refractivity contribution is -0.0584. The van der Waals surface area contributed by atoms with E-state index in [1.807, 2.05) is 0 Å². The average molecular weight is 365 g/mol. The highest BCUT2D eigenvalue weighted by Gasteiger charge is 2.38. The summed E-state index contributed by atoms with van der Waals surface area (Å²) < 4.78 is 0. The summed E-state index contributed by atoms with van der Waals surface area (Å²) in [5.41, 5.74) is 0.852. The van der Waals surface area contributed by atoms with Crippen molar-refractivity contribution in [2.24, 2.45) is 0 Å². The van der Waals surface area contributed by atoms with Crippen molar-refractivity contribution in [1.82, 2.24) is 10.4 Å². The highest BCUT2D eigenvalue weighted by molar-refractivity contribution is 6.21. The van der Waals surface area contributed by atoms with Crippen LogP contribution in [0.25, 0.3) is 0 Å². The molecule has 8 nitrogen and oxygen atoms in total. The average Bonchev–Trinajstić information content (AvgIpc) is 3.45. The maximum Gasteiger partial charge on any atom is 0.364 e. The van der Waals surface area contributed by atoms with Crippen molar-refractivity contribution in [1.29, 1.82) is 0 Å². The molecule has 4 amide bonds. The van der Waals surface area contributed by atoms with Gasteiger partial charge in [-0.1, -0.05) is 23.3 Å². The van der Waals surface area contributed by atoms with Gasteiger partial charge in [-0.3, -0.25) is 9.59 Å². The van der Waals surface area contributed by atoms with Gasteiger partial charge in [0.25, 0.3) is 11.8 Å². The number of hydroxylamine groups is 2. The summed E-state index contributed by atoms with van der Waals surface area (Å²) in [6.07, 6.45) is 1.92. The zero-order valence-corrected chi connectivity index (χ0v) is 14.1. The third-order valence-electron chi connectivity index (χ3n) is 4.20. The molecule has 2 N–H and O–H groups in total. The number of anilines is 1. The fourth-order valence-electron chi connectivity index (χ4n) is 2.69. The Kier molecular flexibility index (Phi) is 4.08. The highest BCUT2D eigenvalue weighted by atomic mass is 16.7. The van der Waals surface area contributed by atoms with Crippen LogP contribution in [0, 0.1) is 0 Å². The number of nitrogens with zero attached hydrogens (tertiary/aromatic N) is 1. The maximum atomic E-state index is 12.4. The van der Waals surface area contributed by atoms with E-state index in [0.29, 0.717) is 10.8 Å². The van der Waals surface area contributed by atoms with Gasteiger partial charge in [0.05, 0.1) is 16.7 Å². The minimum absolute atomic E-state index is 0.0933. The SMILES string of the molecule is O=C(Nc1cccc(C(=O)ON2C(=O)c3ccccc3C2=O)c1)NC1CC1. The number of amides is 4. The van der Waals surface area contributed by atoms with Crippen LogP contribution < -0.4 is 10.6 Å². The summed E-state index contributed by atoms with van der Waals surface area (Å²) in [6.45, 7) is 0. The predicted molar refractivity (Wildman–Crippen MR) is 94.0 cm³/mol. The van der Waals surface area contributed by atoms with E-state index >= 15 is 0 Å². The standard InChI is InChI=1S/C19H15N3O5/c23-16-14-6-1-2-7-15(14)17(24)22(16)27-18(25)11-4-3-5-13(10-11)21-19(26)20-12-8-9-12/h1-7,10,12H,8-9H2,(H2,20,21,26). The van der Waals surface area contributed by atoms with Gasteiger partial charge >= 0.3 is 12.0 Å². The molecule has 1 aliphatic heterocycles. The third kappa shape index (κ3) is 3.37. The number of fused-ring (bicyclic) bond motifs is 1. The zero-order chi connectivity index (χ0) is 19.0. The Morgan fingerprint density at radius 3 is 2.26 bits per heavy atom. The van der Waals surface area contributed by atoms with Crippen LogP contribution in [0.3, 0.4) is 0 Å². The largest absolute Gasteiger partial charge is 0.364 e. The van der Waals surface area contributed by atoms with Crippen molar-refractivity contribution < 1.29 is 24.0 Å². The monoisotopic (exact) mass is 365 g/mol. The number of nitrogens with one attached hydrogen (secondary N) is 2. The summed E-state index contributed by atoms with van der Waals surface area (Å²) in [7, 11) is 0. The van der Waals surface area contributed by atoms with Crippen molar-refractivity contribution in [3.63, 3.8) is 0 Å². The second-order valence-corrected chi connectivity index (χ2v) is 6.28. The molecule has 0 saturated heterocycles. The molecule has 1 heterocycles. The number of urea groups is 1. The molecule has 2 aromatic carbocycles. The Balaban J connectivity index is 1.46. The molecule has 0 atom stereocenters. The molecule has 2 aromatic rings. The molecule has 1 aliphatic carbocycles. The number of hydrogen-bond donors (Lipinski definition) is 2. The molecule has 0 aromatic heterocycles. The zero-order valence-electron chi connectivity index (χ0n) is 14.1. The number of carbonyl (C=O) groups excluding carboxylic acids is 4. The first kappa shape index (κ1) is 16.8. The van der Waals surface area contributed by atoms with E-state index in [1.54, 1.807) is 24.3 Å². The van der Waals surface area contributed by atoms with Gasteiger partial charge in [0.2, 0.25) is 0 Å². The molecule has 0 radical (unpaired) electrons. The van der Waals surface area contributed by atoms with Gasteiger partial charge in [0.1, 0.15) is 0 Å². The second-order valence-electron chi connectivity index (χ2n) is 6.28. The molecule has 4 rings (SSSR count). The number of benzene rings is 2. The third-order valence-corrected chi connectivity index (χ3v) is 4.20. The first-order valence-electron chi connectivity index (χ1n) is 8.40. The summed E-state index contributed by atoms with van der Waals surface area (Å²) in [6, 6.07) is 12.1. The van der Waals surface area contributed by atoms with Gasteiger partial charge in [0, 0.05) is 11.7 Å². The van der Waals surface area contributed by atoms with Crippen LogP contribution in [0.5, 0.6) is 0 Å². The first-order valence-corrected chi connectivity index (χ1v) is 8.40. The Bertz CT molecular complexity index is 932. The number of imide groups is 1. The van der Waals surface area contributed by atoms with Crippen molar-refractivity contribution in [3.05, 3.63) is 65.2 Å². The quantitative estimate of drug-likeness (QED) is 0.809. The van der Waals surface area contributed by atoms with Crippen molar-refractivity contribution in [3.8, 4) is 0 Å². The van der Waals surface area contributed by atoms with Crippen LogP contribution in [-0.4, -0.2) is 34.9 Å². The lowest BCUT2D eigenvalue weighted by Crippen LogP contribution is -2.33. The van der Waals surface area contributed by atoms with E-state index in [2.05, 4.69) is 10.6 Å². The molecular weight excluding hydrogens is 350 g/mol. The Morgan fingerprint density at radius 1 is 0.963 bits per heavy atom. The fourth-order valence-corrected chi connectivity index (χ4v) is 2.69. The minimum atomic E-state index is -0.879. The molecule has 2 aliphatic rings. The molecule has 27 heavy (non-hydrogen) atoms. The van der Waals surface area contributed by atoms with Gasteiger partial charge in [-0.2, -0.15) is 0 Å². The van der Waals surface area contributed by atoms with Gasteiger partial charge in [0.15, 0.2) is 0 Å². The summed E-state index contributed by atoms with van der Waals surface area (Å²) in [4.78, 5) is 53.7. The van der Waals surface area contributed by atoms with Crippen LogP contribution >= 0.6 is 0 Å². The summed E-state index contributed by atoms with van der Waals surface area (Å²) in [5.74, 6) is -2.26. The Hall–Kier alpha value is -3.68.